The van der Waals surface area contributed by atoms with Gasteiger partial charge in [-0.15, -0.1) is 0 Å². The van der Waals surface area contributed by atoms with Crippen LogP contribution in [0.15, 0.2) is 42.5 Å². The summed E-state index contributed by atoms with van der Waals surface area (Å²) in [6.07, 6.45) is 5.48. The lowest BCUT2D eigenvalue weighted by Crippen LogP contribution is -2.53. The first-order valence-corrected chi connectivity index (χ1v) is 15.0. The van der Waals surface area contributed by atoms with Crippen LogP contribution in [-0.4, -0.2) is 63.2 Å². The highest BCUT2D eigenvalue weighted by Crippen LogP contribution is 2.34. The third-order valence-electron chi connectivity index (χ3n) is 7.02. The second-order valence-electron chi connectivity index (χ2n) is 10.0. The SMILES string of the molecule is CCC(C(=O)NC1CCCC1)N(Cc1cccc(C)c1)C(=O)CN(c1ccc2c(c1)OCCO2)S(C)(=O)=O. The molecule has 38 heavy (non-hydrogen) atoms. The van der Waals surface area contributed by atoms with Crippen LogP contribution in [0.5, 0.6) is 11.5 Å². The topological polar surface area (TPSA) is 105 Å². The van der Waals surface area contributed by atoms with Gasteiger partial charge in [-0.2, -0.15) is 0 Å². The summed E-state index contributed by atoms with van der Waals surface area (Å²) in [6, 6.07) is 11.9. The van der Waals surface area contributed by atoms with Crippen LogP contribution in [0.3, 0.4) is 0 Å². The Hall–Kier alpha value is -3.27. The van der Waals surface area contributed by atoms with Crippen LogP contribution in [0.25, 0.3) is 0 Å². The van der Waals surface area contributed by atoms with E-state index in [1.54, 1.807) is 18.2 Å². The van der Waals surface area contributed by atoms with Gasteiger partial charge in [0.15, 0.2) is 11.5 Å². The standard InChI is InChI=1S/C28H37N3O6S/c1-4-24(28(33)29-22-10-5-6-11-22)30(18-21-9-7-8-20(2)16-21)27(32)19-31(38(3,34)35)23-12-13-25-26(17-23)37-15-14-36-25/h7-9,12-13,16-17,22,24H,4-6,10-11,14-15,18-19H2,1-3H3,(H,29,33). The van der Waals surface area contributed by atoms with E-state index in [9.17, 15) is 18.0 Å². The number of anilines is 1. The first-order chi connectivity index (χ1) is 18.2. The van der Waals surface area contributed by atoms with Crippen molar-refractivity contribution in [1.82, 2.24) is 10.2 Å². The molecule has 1 atom stereocenters. The van der Waals surface area contributed by atoms with Crippen molar-refractivity contribution < 1.29 is 27.5 Å². The highest BCUT2D eigenvalue weighted by Gasteiger charge is 2.33. The predicted molar refractivity (Wildman–Crippen MR) is 146 cm³/mol. The van der Waals surface area contributed by atoms with E-state index in [0.29, 0.717) is 36.8 Å². The maximum Gasteiger partial charge on any atom is 0.244 e. The van der Waals surface area contributed by atoms with Gasteiger partial charge in [0.1, 0.15) is 25.8 Å². The quantitative estimate of drug-likeness (QED) is 0.493. The number of nitrogens with zero attached hydrogens (tertiary/aromatic N) is 2. The summed E-state index contributed by atoms with van der Waals surface area (Å²) in [4.78, 5) is 28.8. The Balaban J connectivity index is 1.63. The summed E-state index contributed by atoms with van der Waals surface area (Å²) >= 11 is 0. The van der Waals surface area contributed by atoms with Crippen LogP contribution >= 0.6 is 0 Å². The van der Waals surface area contributed by atoms with E-state index in [-0.39, 0.29) is 18.5 Å². The van der Waals surface area contributed by atoms with Crippen molar-refractivity contribution in [3.63, 3.8) is 0 Å². The number of carbonyl (C=O) groups is 2. The van der Waals surface area contributed by atoms with Crippen molar-refractivity contribution in [1.29, 1.82) is 0 Å². The number of aryl methyl sites for hydroxylation is 1. The maximum absolute atomic E-state index is 13.9. The van der Waals surface area contributed by atoms with Gasteiger partial charge in [0, 0.05) is 18.7 Å². The molecule has 1 unspecified atom stereocenters. The number of hydrogen-bond acceptors (Lipinski definition) is 6. The zero-order chi connectivity index (χ0) is 27.3. The van der Waals surface area contributed by atoms with Crippen molar-refractivity contribution in [3.05, 3.63) is 53.6 Å². The van der Waals surface area contributed by atoms with Gasteiger partial charge in [-0.1, -0.05) is 49.6 Å². The number of rotatable bonds is 10. The van der Waals surface area contributed by atoms with Gasteiger partial charge < -0.3 is 19.7 Å². The van der Waals surface area contributed by atoms with Gasteiger partial charge in [0.25, 0.3) is 0 Å². The fourth-order valence-corrected chi connectivity index (χ4v) is 5.94. The average molecular weight is 544 g/mol. The van der Waals surface area contributed by atoms with Crippen LogP contribution in [0.1, 0.15) is 50.2 Å². The van der Waals surface area contributed by atoms with Crippen molar-refractivity contribution in [2.75, 3.05) is 30.3 Å². The third-order valence-corrected chi connectivity index (χ3v) is 8.16. The summed E-state index contributed by atoms with van der Waals surface area (Å²) in [5.41, 5.74) is 2.20. The van der Waals surface area contributed by atoms with E-state index >= 15 is 0 Å². The molecule has 1 saturated carbocycles. The number of nitrogens with one attached hydrogen (secondary N) is 1. The van der Waals surface area contributed by atoms with E-state index < -0.39 is 28.5 Å². The molecule has 0 aromatic heterocycles. The molecule has 206 valence electrons. The highest BCUT2D eigenvalue weighted by atomic mass is 32.2. The molecule has 2 aromatic rings. The molecule has 2 aromatic carbocycles. The Bertz CT molecular complexity index is 1260. The lowest BCUT2D eigenvalue weighted by atomic mass is 10.1. The first-order valence-electron chi connectivity index (χ1n) is 13.2. The Morgan fingerprint density at radius 3 is 2.42 bits per heavy atom. The molecule has 1 N–H and O–H groups in total. The first kappa shape index (κ1) is 27.8. The molecule has 1 aliphatic heterocycles. The second-order valence-corrected chi connectivity index (χ2v) is 11.9. The Morgan fingerprint density at radius 1 is 1.05 bits per heavy atom. The molecular formula is C28H37N3O6S. The number of carbonyl (C=O) groups excluding carboxylic acids is 2. The minimum Gasteiger partial charge on any atom is -0.486 e. The number of benzene rings is 2. The molecule has 1 fully saturated rings. The third kappa shape index (κ3) is 6.78. The van der Waals surface area contributed by atoms with Gasteiger partial charge in [0.05, 0.1) is 11.9 Å². The van der Waals surface area contributed by atoms with Crippen molar-refractivity contribution in [2.24, 2.45) is 0 Å². The molecule has 2 aliphatic rings. The monoisotopic (exact) mass is 543 g/mol. The van der Waals surface area contributed by atoms with Crippen LogP contribution in [0.4, 0.5) is 5.69 Å². The molecule has 9 nitrogen and oxygen atoms in total. The average Bonchev–Trinajstić information content (AvgIpc) is 3.39. The number of hydrogen-bond donors (Lipinski definition) is 1. The van der Waals surface area contributed by atoms with Crippen molar-refractivity contribution >= 4 is 27.5 Å². The van der Waals surface area contributed by atoms with Gasteiger partial charge >= 0.3 is 0 Å². The normalized spacial score (nSPS) is 16.1. The van der Waals surface area contributed by atoms with Crippen LogP contribution in [-0.2, 0) is 26.2 Å². The Kier molecular flexibility index (Phi) is 8.81. The Morgan fingerprint density at radius 2 is 1.76 bits per heavy atom. The molecular weight excluding hydrogens is 506 g/mol. The Labute approximate surface area is 225 Å². The molecule has 0 radical (unpaired) electrons. The zero-order valence-electron chi connectivity index (χ0n) is 22.3. The number of sulfonamides is 1. The van der Waals surface area contributed by atoms with Gasteiger partial charge in [-0.05, 0) is 43.9 Å². The molecule has 10 heteroatoms. The summed E-state index contributed by atoms with van der Waals surface area (Å²) < 4.78 is 38.0. The molecule has 0 saturated heterocycles. The van der Waals surface area contributed by atoms with Gasteiger partial charge in [0.2, 0.25) is 21.8 Å². The molecule has 0 bridgehead atoms. The summed E-state index contributed by atoms with van der Waals surface area (Å²) in [5.74, 6) is 0.287. The smallest absolute Gasteiger partial charge is 0.244 e. The van der Waals surface area contributed by atoms with E-state index in [1.807, 2.05) is 38.1 Å². The highest BCUT2D eigenvalue weighted by molar-refractivity contribution is 7.92. The van der Waals surface area contributed by atoms with E-state index in [4.69, 9.17) is 9.47 Å². The summed E-state index contributed by atoms with van der Waals surface area (Å²) in [6.45, 7) is 4.34. The largest absolute Gasteiger partial charge is 0.486 e. The molecule has 1 heterocycles. The second kappa shape index (κ2) is 12.1. The van der Waals surface area contributed by atoms with Gasteiger partial charge in [-0.3, -0.25) is 13.9 Å². The molecule has 0 spiro atoms. The maximum atomic E-state index is 13.9. The number of fused-ring (bicyclic) bond motifs is 1. The molecule has 4 rings (SSSR count). The predicted octanol–water partition coefficient (Wildman–Crippen LogP) is 3.40. The lowest BCUT2D eigenvalue weighted by Gasteiger charge is -2.33. The fourth-order valence-electron chi connectivity index (χ4n) is 5.10. The van der Waals surface area contributed by atoms with Crippen molar-refractivity contribution in [3.8, 4) is 11.5 Å². The van der Waals surface area contributed by atoms with Crippen LogP contribution in [0, 0.1) is 6.92 Å². The van der Waals surface area contributed by atoms with E-state index in [2.05, 4.69) is 5.32 Å². The summed E-state index contributed by atoms with van der Waals surface area (Å²) in [5, 5.41) is 3.12. The van der Waals surface area contributed by atoms with Crippen LogP contribution < -0.4 is 19.1 Å². The van der Waals surface area contributed by atoms with Crippen molar-refractivity contribution in [2.45, 2.75) is 64.6 Å². The number of amides is 2. The number of ether oxygens (including phenoxy) is 2. The minimum absolute atomic E-state index is 0.109. The van der Waals surface area contributed by atoms with Crippen LogP contribution in [0.2, 0.25) is 0 Å². The van der Waals surface area contributed by atoms with E-state index in [1.165, 1.54) is 4.90 Å². The minimum atomic E-state index is -3.84. The zero-order valence-corrected chi connectivity index (χ0v) is 23.1. The van der Waals surface area contributed by atoms with Gasteiger partial charge in [-0.25, -0.2) is 8.42 Å². The molecule has 2 amide bonds. The summed E-state index contributed by atoms with van der Waals surface area (Å²) in [7, 11) is -3.84. The lowest BCUT2D eigenvalue weighted by molar-refractivity contribution is -0.140. The molecule has 1 aliphatic carbocycles. The fraction of sp³-hybridized carbons (Fsp3) is 0.500. The van der Waals surface area contributed by atoms with E-state index in [0.717, 1.165) is 47.4 Å².